The fourth-order valence-electron chi connectivity index (χ4n) is 2.67. The minimum Gasteiger partial charge on any atom is -0.376 e. The number of thioether (sulfide) groups is 1. The summed E-state index contributed by atoms with van der Waals surface area (Å²) in [5.41, 5.74) is 1.75. The Morgan fingerprint density at radius 3 is 2.96 bits per heavy atom. The monoisotopic (exact) mass is 377 g/mol. The molecule has 1 unspecified atom stereocenters. The second-order valence-corrected chi connectivity index (χ2v) is 7.13. The molecule has 1 fully saturated rings. The van der Waals surface area contributed by atoms with Gasteiger partial charge in [0.25, 0.3) is 0 Å². The molecule has 3 heterocycles. The number of rotatable bonds is 6. The van der Waals surface area contributed by atoms with Crippen LogP contribution >= 0.6 is 23.4 Å². The zero-order valence-corrected chi connectivity index (χ0v) is 14.9. The van der Waals surface area contributed by atoms with Crippen LogP contribution in [0.3, 0.4) is 0 Å². The highest BCUT2D eigenvalue weighted by molar-refractivity contribution is 7.98. The van der Waals surface area contributed by atoms with Gasteiger partial charge < -0.3 is 9.26 Å². The fourth-order valence-corrected chi connectivity index (χ4v) is 3.56. The normalized spacial score (nSPS) is 17.2. The van der Waals surface area contributed by atoms with Gasteiger partial charge in [0.15, 0.2) is 0 Å². The molecule has 0 amide bonds. The molecule has 0 spiro atoms. The lowest BCUT2D eigenvalue weighted by molar-refractivity contribution is 0.0912. The average molecular weight is 378 g/mol. The van der Waals surface area contributed by atoms with E-state index in [2.05, 4.69) is 20.7 Å². The summed E-state index contributed by atoms with van der Waals surface area (Å²) in [4.78, 5) is 0. The predicted octanol–water partition coefficient (Wildman–Crippen LogP) is 3.45. The summed E-state index contributed by atoms with van der Waals surface area (Å²) in [5.74, 6) is 1.37. The Morgan fingerprint density at radius 2 is 2.16 bits per heavy atom. The van der Waals surface area contributed by atoms with Crippen LogP contribution in [0.1, 0.15) is 18.6 Å². The molecular weight excluding hydrogens is 362 g/mol. The third-order valence-corrected chi connectivity index (χ3v) is 5.17. The molecule has 1 saturated heterocycles. The molecule has 0 bridgehead atoms. The highest BCUT2D eigenvalue weighted by Crippen LogP contribution is 2.26. The van der Waals surface area contributed by atoms with Crippen molar-refractivity contribution in [1.82, 2.24) is 25.4 Å². The van der Waals surface area contributed by atoms with Gasteiger partial charge in [0.05, 0.1) is 18.4 Å². The third-order valence-electron chi connectivity index (χ3n) is 3.94. The Bertz CT molecular complexity index is 829. The van der Waals surface area contributed by atoms with Crippen molar-refractivity contribution in [1.29, 1.82) is 0 Å². The van der Waals surface area contributed by atoms with Crippen LogP contribution < -0.4 is 0 Å². The van der Waals surface area contributed by atoms with Crippen LogP contribution in [-0.2, 0) is 17.0 Å². The number of benzene rings is 1. The molecular formula is C16H16ClN5O2S. The van der Waals surface area contributed by atoms with Gasteiger partial charge in [0, 0.05) is 23.3 Å². The van der Waals surface area contributed by atoms with Gasteiger partial charge in [-0.15, -0.1) is 5.10 Å². The third kappa shape index (κ3) is 4.02. The first-order chi connectivity index (χ1) is 12.3. The topological polar surface area (TPSA) is 78.9 Å². The van der Waals surface area contributed by atoms with E-state index in [0.717, 1.165) is 41.6 Å². The minimum absolute atomic E-state index is 0.199. The summed E-state index contributed by atoms with van der Waals surface area (Å²) in [6, 6.07) is 9.42. The summed E-state index contributed by atoms with van der Waals surface area (Å²) < 4.78 is 12.8. The second-order valence-electron chi connectivity index (χ2n) is 5.75. The van der Waals surface area contributed by atoms with Crippen LogP contribution in [0.15, 0.2) is 40.0 Å². The smallest absolute Gasteiger partial charge is 0.209 e. The van der Waals surface area contributed by atoms with E-state index >= 15 is 0 Å². The van der Waals surface area contributed by atoms with Crippen molar-refractivity contribution in [2.75, 3.05) is 6.61 Å². The van der Waals surface area contributed by atoms with E-state index in [4.69, 9.17) is 20.9 Å². The first-order valence-electron chi connectivity index (χ1n) is 8.00. The van der Waals surface area contributed by atoms with Crippen LogP contribution in [0.4, 0.5) is 0 Å². The van der Waals surface area contributed by atoms with E-state index in [0.29, 0.717) is 17.3 Å². The zero-order chi connectivity index (χ0) is 17.1. The highest BCUT2D eigenvalue weighted by Gasteiger charge is 2.19. The number of halogens is 1. The SMILES string of the molecule is Clc1ccc(-c2cc(CSc3nnnn3CC3CCCO3)on2)cc1. The van der Waals surface area contributed by atoms with Gasteiger partial charge in [-0.3, -0.25) is 0 Å². The number of hydrogen-bond donors (Lipinski definition) is 0. The Labute approximate surface area is 153 Å². The number of tetrazole rings is 1. The number of aromatic nitrogens is 5. The molecule has 0 saturated carbocycles. The van der Waals surface area contributed by atoms with E-state index in [9.17, 15) is 0 Å². The van der Waals surface area contributed by atoms with E-state index < -0.39 is 0 Å². The van der Waals surface area contributed by atoms with E-state index in [-0.39, 0.29) is 6.10 Å². The number of hydrogen-bond acceptors (Lipinski definition) is 7. The first-order valence-corrected chi connectivity index (χ1v) is 9.36. The minimum atomic E-state index is 0.199. The van der Waals surface area contributed by atoms with Crippen LogP contribution in [0, 0.1) is 0 Å². The fraction of sp³-hybridized carbons (Fsp3) is 0.375. The number of ether oxygens (including phenoxy) is 1. The van der Waals surface area contributed by atoms with Crippen LogP contribution in [0.25, 0.3) is 11.3 Å². The van der Waals surface area contributed by atoms with E-state index in [1.54, 1.807) is 4.68 Å². The highest BCUT2D eigenvalue weighted by atomic mass is 35.5. The van der Waals surface area contributed by atoms with Gasteiger partial charge in [-0.2, -0.15) is 0 Å². The zero-order valence-electron chi connectivity index (χ0n) is 13.3. The lowest BCUT2D eigenvalue weighted by Gasteiger charge is -2.09. The van der Waals surface area contributed by atoms with E-state index in [1.165, 1.54) is 11.8 Å². The van der Waals surface area contributed by atoms with Gasteiger partial charge in [-0.25, -0.2) is 4.68 Å². The molecule has 1 aromatic carbocycles. The molecule has 0 N–H and O–H groups in total. The van der Waals surface area contributed by atoms with Gasteiger partial charge in [0.1, 0.15) is 11.5 Å². The standard InChI is InChI=1S/C16H16ClN5O2S/c17-12-5-3-11(4-6-12)15-8-14(24-19-15)10-25-16-18-20-21-22(16)9-13-2-1-7-23-13/h3-6,8,13H,1-2,7,9-10H2. The quantitative estimate of drug-likeness (QED) is 0.608. The molecule has 0 aliphatic carbocycles. The predicted molar refractivity (Wildman–Crippen MR) is 93.3 cm³/mol. The molecule has 1 aliphatic heterocycles. The molecule has 2 aromatic heterocycles. The van der Waals surface area contributed by atoms with Crippen LogP contribution in [-0.4, -0.2) is 38.1 Å². The van der Waals surface area contributed by atoms with E-state index in [1.807, 2.05) is 30.3 Å². The molecule has 1 aliphatic rings. The van der Waals surface area contributed by atoms with Crippen molar-refractivity contribution in [3.63, 3.8) is 0 Å². The van der Waals surface area contributed by atoms with Gasteiger partial charge >= 0.3 is 0 Å². The summed E-state index contributed by atoms with van der Waals surface area (Å²) in [5, 5.41) is 17.5. The van der Waals surface area contributed by atoms with Crippen molar-refractivity contribution >= 4 is 23.4 Å². The molecule has 1 atom stereocenters. The summed E-state index contributed by atoms with van der Waals surface area (Å²) in [6.07, 6.45) is 2.35. The molecule has 25 heavy (non-hydrogen) atoms. The van der Waals surface area contributed by atoms with Crippen molar-refractivity contribution in [3.8, 4) is 11.3 Å². The van der Waals surface area contributed by atoms with Gasteiger partial charge in [0.2, 0.25) is 5.16 Å². The summed E-state index contributed by atoms with van der Waals surface area (Å²) in [6.45, 7) is 1.50. The van der Waals surface area contributed by atoms with Gasteiger partial charge in [-0.1, -0.05) is 40.7 Å². The second kappa shape index (κ2) is 7.55. The summed E-state index contributed by atoms with van der Waals surface area (Å²) >= 11 is 7.43. The molecule has 7 nitrogen and oxygen atoms in total. The lowest BCUT2D eigenvalue weighted by Crippen LogP contribution is -2.16. The maximum absolute atomic E-state index is 5.91. The largest absolute Gasteiger partial charge is 0.376 e. The average Bonchev–Trinajstić information content (AvgIpc) is 3.36. The maximum Gasteiger partial charge on any atom is 0.209 e. The van der Waals surface area contributed by atoms with Crippen LogP contribution in [0.2, 0.25) is 5.02 Å². The molecule has 0 radical (unpaired) electrons. The van der Waals surface area contributed by atoms with Crippen molar-refractivity contribution in [2.45, 2.75) is 36.4 Å². The molecule has 130 valence electrons. The number of nitrogens with zero attached hydrogens (tertiary/aromatic N) is 5. The summed E-state index contributed by atoms with van der Waals surface area (Å²) in [7, 11) is 0. The Hall–Kier alpha value is -1.90. The van der Waals surface area contributed by atoms with Crippen LogP contribution in [0.5, 0.6) is 0 Å². The first kappa shape index (κ1) is 16.6. The molecule has 9 heteroatoms. The Balaban J connectivity index is 1.39. The Kier molecular flexibility index (Phi) is 5.00. The maximum atomic E-state index is 5.91. The lowest BCUT2D eigenvalue weighted by atomic mass is 10.1. The van der Waals surface area contributed by atoms with Gasteiger partial charge in [-0.05, 0) is 35.4 Å². The van der Waals surface area contributed by atoms with Crippen molar-refractivity contribution in [3.05, 3.63) is 41.1 Å². The Morgan fingerprint density at radius 1 is 1.28 bits per heavy atom. The van der Waals surface area contributed by atoms with Crippen molar-refractivity contribution < 1.29 is 9.26 Å². The molecule has 3 aromatic rings. The van der Waals surface area contributed by atoms with Crippen molar-refractivity contribution in [2.24, 2.45) is 0 Å². The molecule has 4 rings (SSSR count).